The highest BCUT2D eigenvalue weighted by atomic mass is 19.4. The minimum absolute atomic E-state index is 0.164. The molecule has 1 aliphatic rings. The summed E-state index contributed by atoms with van der Waals surface area (Å²) in [4.78, 5) is 2.08. The highest BCUT2D eigenvalue weighted by Crippen LogP contribution is 2.36. The number of nitrogen functional groups attached to an aromatic ring is 1. The molecule has 0 saturated carbocycles. The van der Waals surface area contributed by atoms with Gasteiger partial charge < -0.3 is 10.6 Å². The van der Waals surface area contributed by atoms with Crippen molar-refractivity contribution in [1.29, 1.82) is 5.41 Å². The topological polar surface area (TPSA) is 53.1 Å². The molecule has 116 valence electrons. The first-order chi connectivity index (χ1) is 9.71. The molecule has 0 radical (unpaired) electrons. The van der Waals surface area contributed by atoms with Crippen molar-refractivity contribution in [3.05, 3.63) is 29.3 Å². The lowest BCUT2D eigenvalue weighted by Gasteiger charge is -2.31. The number of benzene rings is 1. The normalized spacial score (nSPS) is 19.3. The Kier molecular flexibility index (Phi) is 4.16. The molecule has 1 fully saturated rings. The predicted molar refractivity (Wildman–Crippen MR) is 77.7 cm³/mol. The first kappa shape index (κ1) is 15.7. The van der Waals surface area contributed by atoms with Gasteiger partial charge in [0.1, 0.15) is 5.84 Å². The van der Waals surface area contributed by atoms with Gasteiger partial charge in [-0.05, 0) is 37.0 Å². The number of nitrogens with two attached hydrogens (primary N) is 1. The molecule has 0 amide bonds. The van der Waals surface area contributed by atoms with Crippen LogP contribution in [0.15, 0.2) is 18.2 Å². The zero-order valence-electron chi connectivity index (χ0n) is 12.2. The third kappa shape index (κ3) is 3.14. The molecule has 1 aliphatic heterocycles. The molecule has 1 unspecified atom stereocenters. The lowest BCUT2D eigenvalue weighted by Crippen LogP contribution is -2.35. The molecule has 0 spiro atoms. The predicted octanol–water partition coefficient (Wildman–Crippen LogP) is 3.61. The van der Waals surface area contributed by atoms with Crippen LogP contribution in [0.4, 0.5) is 18.9 Å². The summed E-state index contributed by atoms with van der Waals surface area (Å²) in [7, 11) is 0. The number of nitrogens with one attached hydrogen (secondary N) is 1. The zero-order valence-corrected chi connectivity index (χ0v) is 12.2. The molecule has 1 saturated heterocycles. The van der Waals surface area contributed by atoms with Gasteiger partial charge in [0.2, 0.25) is 0 Å². The average molecular weight is 299 g/mol. The van der Waals surface area contributed by atoms with Crippen molar-refractivity contribution in [3.8, 4) is 0 Å². The maximum Gasteiger partial charge on any atom is 0.416 e. The molecule has 1 atom stereocenters. The number of halogens is 3. The van der Waals surface area contributed by atoms with Gasteiger partial charge in [-0.1, -0.05) is 13.8 Å². The number of rotatable bonds is 3. The third-order valence-electron chi connectivity index (χ3n) is 3.99. The number of anilines is 1. The van der Waals surface area contributed by atoms with Gasteiger partial charge in [0.15, 0.2) is 0 Å². The Morgan fingerprint density at radius 2 is 2.05 bits per heavy atom. The van der Waals surface area contributed by atoms with Crippen LogP contribution in [0.25, 0.3) is 0 Å². The standard InChI is InChI=1S/C15H20F3N3/c1-9(2)12-4-3-7-21(12)13-6-5-10(15(16,17)18)8-11(13)14(19)20/h5-6,8-9,12H,3-4,7H2,1-2H3,(H3,19,20). The first-order valence-corrected chi connectivity index (χ1v) is 7.04. The summed E-state index contributed by atoms with van der Waals surface area (Å²) < 4.78 is 38.5. The van der Waals surface area contributed by atoms with E-state index in [2.05, 4.69) is 18.7 Å². The minimum Gasteiger partial charge on any atom is -0.384 e. The summed E-state index contributed by atoms with van der Waals surface area (Å²) >= 11 is 0. The summed E-state index contributed by atoms with van der Waals surface area (Å²) in [6, 6.07) is 3.77. The van der Waals surface area contributed by atoms with Crippen LogP contribution in [0.3, 0.4) is 0 Å². The zero-order chi connectivity index (χ0) is 15.8. The maximum absolute atomic E-state index is 12.8. The van der Waals surface area contributed by atoms with E-state index in [9.17, 15) is 13.2 Å². The van der Waals surface area contributed by atoms with E-state index < -0.39 is 11.7 Å². The number of hydrogen-bond donors (Lipinski definition) is 2. The Morgan fingerprint density at radius 1 is 1.38 bits per heavy atom. The van der Waals surface area contributed by atoms with E-state index in [0.29, 0.717) is 11.6 Å². The molecule has 0 bridgehead atoms. The van der Waals surface area contributed by atoms with Crippen molar-refractivity contribution in [1.82, 2.24) is 0 Å². The Morgan fingerprint density at radius 3 is 2.57 bits per heavy atom. The van der Waals surface area contributed by atoms with E-state index in [0.717, 1.165) is 31.5 Å². The number of hydrogen-bond acceptors (Lipinski definition) is 2. The summed E-state index contributed by atoms with van der Waals surface area (Å²) in [5.41, 5.74) is 5.53. The van der Waals surface area contributed by atoms with Crippen LogP contribution in [-0.2, 0) is 6.18 Å². The molecule has 0 aliphatic carbocycles. The highest BCUT2D eigenvalue weighted by molar-refractivity contribution is 6.00. The molecular formula is C15H20F3N3. The summed E-state index contributed by atoms with van der Waals surface area (Å²) in [6.07, 6.45) is -2.41. The van der Waals surface area contributed by atoms with Gasteiger partial charge in [-0.2, -0.15) is 13.2 Å². The Balaban J connectivity index is 2.46. The molecule has 21 heavy (non-hydrogen) atoms. The maximum atomic E-state index is 12.8. The fourth-order valence-electron chi connectivity index (χ4n) is 2.96. The monoisotopic (exact) mass is 299 g/mol. The van der Waals surface area contributed by atoms with E-state index in [1.54, 1.807) is 0 Å². The van der Waals surface area contributed by atoms with Crippen molar-refractivity contribution >= 4 is 11.5 Å². The Hall–Kier alpha value is -1.72. The molecule has 6 heteroatoms. The van der Waals surface area contributed by atoms with E-state index in [1.165, 1.54) is 6.07 Å². The van der Waals surface area contributed by atoms with Gasteiger partial charge in [-0.3, -0.25) is 5.41 Å². The fourth-order valence-corrected chi connectivity index (χ4v) is 2.96. The van der Waals surface area contributed by atoms with Crippen molar-refractivity contribution in [2.75, 3.05) is 11.4 Å². The van der Waals surface area contributed by atoms with Crippen LogP contribution in [0.2, 0.25) is 0 Å². The number of amidine groups is 1. The molecule has 0 aromatic heterocycles. The lowest BCUT2D eigenvalue weighted by molar-refractivity contribution is -0.137. The van der Waals surface area contributed by atoms with Gasteiger partial charge in [0, 0.05) is 23.8 Å². The molecular weight excluding hydrogens is 279 g/mol. The summed E-state index contributed by atoms with van der Waals surface area (Å²) in [5.74, 6) is 0.0695. The van der Waals surface area contributed by atoms with Crippen LogP contribution in [0.1, 0.15) is 37.8 Å². The summed E-state index contributed by atoms with van der Waals surface area (Å²) in [6.45, 7) is 4.98. The Bertz CT molecular complexity index is 537. The van der Waals surface area contributed by atoms with Crippen LogP contribution >= 0.6 is 0 Å². The van der Waals surface area contributed by atoms with Gasteiger partial charge in [-0.25, -0.2) is 0 Å². The van der Waals surface area contributed by atoms with Gasteiger partial charge in [-0.15, -0.1) is 0 Å². The molecule has 1 aromatic carbocycles. The molecule has 3 N–H and O–H groups in total. The van der Waals surface area contributed by atoms with Crippen molar-refractivity contribution in [2.24, 2.45) is 11.7 Å². The van der Waals surface area contributed by atoms with Gasteiger partial charge in [0.25, 0.3) is 0 Å². The van der Waals surface area contributed by atoms with Crippen molar-refractivity contribution in [3.63, 3.8) is 0 Å². The Labute approximate surface area is 122 Å². The minimum atomic E-state index is -4.43. The highest BCUT2D eigenvalue weighted by Gasteiger charge is 2.33. The summed E-state index contributed by atoms with van der Waals surface area (Å²) in [5, 5.41) is 7.60. The quantitative estimate of drug-likeness (QED) is 0.661. The third-order valence-corrected chi connectivity index (χ3v) is 3.99. The lowest BCUT2D eigenvalue weighted by atomic mass is 10.00. The molecule has 1 heterocycles. The van der Waals surface area contributed by atoms with E-state index in [4.69, 9.17) is 11.1 Å². The van der Waals surface area contributed by atoms with E-state index in [-0.39, 0.29) is 17.4 Å². The molecule has 2 rings (SSSR count). The van der Waals surface area contributed by atoms with Crippen LogP contribution in [0.5, 0.6) is 0 Å². The van der Waals surface area contributed by atoms with E-state index in [1.807, 2.05) is 0 Å². The number of nitrogens with zero attached hydrogens (tertiary/aromatic N) is 1. The largest absolute Gasteiger partial charge is 0.416 e. The van der Waals surface area contributed by atoms with Crippen LogP contribution in [-0.4, -0.2) is 18.4 Å². The second-order valence-electron chi connectivity index (χ2n) is 5.79. The molecule has 1 aromatic rings. The number of alkyl halides is 3. The van der Waals surface area contributed by atoms with Crippen molar-refractivity contribution < 1.29 is 13.2 Å². The van der Waals surface area contributed by atoms with Crippen molar-refractivity contribution in [2.45, 2.75) is 38.9 Å². The van der Waals surface area contributed by atoms with E-state index >= 15 is 0 Å². The van der Waals surface area contributed by atoms with Crippen LogP contribution in [0, 0.1) is 11.3 Å². The second kappa shape index (κ2) is 5.58. The fraction of sp³-hybridized carbons (Fsp3) is 0.533. The first-order valence-electron chi connectivity index (χ1n) is 7.04. The second-order valence-corrected chi connectivity index (χ2v) is 5.79. The average Bonchev–Trinajstić information content (AvgIpc) is 2.85. The smallest absolute Gasteiger partial charge is 0.384 e. The van der Waals surface area contributed by atoms with Crippen LogP contribution < -0.4 is 10.6 Å². The SMILES string of the molecule is CC(C)C1CCCN1c1ccc(C(F)(F)F)cc1C(=N)N. The molecule has 3 nitrogen and oxygen atoms in total. The van der Waals surface area contributed by atoms with Gasteiger partial charge >= 0.3 is 6.18 Å². The van der Waals surface area contributed by atoms with Gasteiger partial charge in [0.05, 0.1) is 5.56 Å².